The lowest BCUT2D eigenvalue weighted by atomic mass is 10.00. The van der Waals surface area contributed by atoms with Crippen molar-refractivity contribution in [3.63, 3.8) is 0 Å². The summed E-state index contributed by atoms with van der Waals surface area (Å²) in [6.07, 6.45) is 3.30. The van der Waals surface area contributed by atoms with Crippen molar-refractivity contribution in [1.29, 1.82) is 0 Å². The van der Waals surface area contributed by atoms with E-state index in [1.165, 1.54) is 21.6 Å². The molecule has 1 aliphatic heterocycles. The van der Waals surface area contributed by atoms with Crippen LogP contribution >= 0.6 is 0 Å². The topological polar surface area (TPSA) is 33.5 Å². The molecule has 1 amide bonds. The van der Waals surface area contributed by atoms with Gasteiger partial charge in [-0.15, -0.1) is 0 Å². The van der Waals surface area contributed by atoms with E-state index in [0.717, 1.165) is 30.8 Å². The number of anilines is 1. The van der Waals surface area contributed by atoms with Gasteiger partial charge in [-0.2, -0.15) is 0 Å². The number of benzene rings is 2. The summed E-state index contributed by atoms with van der Waals surface area (Å²) in [7, 11) is 0. The summed E-state index contributed by atoms with van der Waals surface area (Å²) in [6, 6.07) is 16.5. The number of carbonyl (C=O) groups is 1. The largest absolute Gasteiger partial charge is 0.324 e. The van der Waals surface area contributed by atoms with E-state index in [1.54, 1.807) is 0 Å². The maximum atomic E-state index is 12.3. The summed E-state index contributed by atoms with van der Waals surface area (Å²) in [6.45, 7) is 6.54. The van der Waals surface area contributed by atoms with Crippen molar-refractivity contribution >= 4 is 17.2 Å². The summed E-state index contributed by atoms with van der Waals surface area (Å²) in [5.74, 6) is 0.0928. The van der Waals surface area contributed by atoms with Crippen LogP contribution in [0.25, 0.3) is 5.57 Å². The van der Waals surface area contributed by atoms with Crippen LogP contribution in [0.1, 0.15) is 23.1 Å². The molecule has 0 saturated heterocycles. The van der Waals surface area contributed by atoms with Crippen LogP contribution in [0.4, 0.5) is 5.69 Å². The fourth-order valence-electron chi connectivity index (χ4n) is 3.17. The van der Waals surface area contributed by atoms with E-state index in [-0.39, 0.29) is 5.91 Å². The van der Waals surface area contributed by atoms with Gasteiger partial charge in [-0.1, -0.05) is 42.5 Å². The maximum absolute atomic E-state index is 12.3. The molecule has 3 heteroatoms. The molecule has 0 fully saturated rings. The fraction of sp³-hybridized carbons (Fsp3) is 0.286. The van der Waals surface area contributed by atoms with Gasteiger partial charge in [-0.3, -0.25) is 4.79 Å². The van der Waals surface area contributed by atoms with E-state index in [1.807, 2.05) is 25.1 Å². The van der Waals surface area contributed by atoms with E-state index in [9.17, 15) is 4.79 Å². The second kappa shape index (κ2) is 7.45. The Morgan fingerprint density at radius 2 is 1.88 bits per heavy atom. The first kappa shape index (κ1) is 16.5. The predicted molar refractivity (Wildman–Crippen MR) is 99.1 cm³/mol. The second-order valence-corrected chi connectivity index (χ2v) is 6.52. The molecule has 0 bridgehead atoms. The Balaban J connectivity index is 1.57. The molecule has 1 heterocycles. The molecule has 1 atom stereocenters. The van der Waals surface area contributed by atoms with Crippen molar-refractivity contribution in [2.45, 2.75) is 20.3 Å². The van der Waals surface area contributed by atoms with E-state index in [4.69, 9.17) is 0 Å². The van der Waals surface area contributed by atoms with Gasteiger partial charge in [-0.25, -0.2) is 0 Å². The molecule has 2 N–H and O–H groups in total. The minimum Gasteiger partial charge on any atom is -0.324 e. The highest BCUT2D eigenvalue weighted by Crippen LogP contribution is 2.18. The molecule has 2 aromatic carbocycles. The summed E-state index contributed by atoms with van der Waals surface area (Å²) >= 11 is 0. The molecule has 124 valence electrons. The van der Waals surface area contributed by atoms with Crippen molar-refractivity contribution in [2.75, 3.05) is 25.0 Å². The second-order valence-electron chi connectivity index (χ2n) is 6.52. The van der Waals surface area contributed by atoms with Crippen molar-refractivity contribution in [2.24, 2.45) is 0 Å². The molecule has 2 aromatic rings. The average Bonchev–Trinajstić information content (AvgIpc) is 2.60. The van der Waals surface area contributed by atoms with Crippen molar-refractivity contribution < 1.29 is 9.69 Å². The van der Waals surface area contributed by atoms with E-state index < -0.39 is 0 Å². The number of rotatable bonds is 4. The van der Waals surface area contributed by atoms with E-state index in [2.05, 4.69) is 48.6 Å². The first-order chi connectivity index (χ1) is 11.6. The molecule has 0 saturated carbocycles. The average molecular weight is 321 g/mol. The van der Waals surface area contributed by atoms with Crippen LogP contribution in [-0.4, -0.2) is 25.5 Å². The van der Waals surface area contributed by atoms with Crippen LogP contribution in [0.15, 0.2) is 54.6 Å². The van der Waals surface area contributed by atoms with Gasteiger partial charge in [0.2, 0.25) is 0 Å². The molecule has 1 unspecified atom stereocenters. The third kappa shape index (κ3) is 3.92. The molecule has 3 rings (SSSR count). The number of nitrogens with one attached hydrogen (secondary N) is 2. The number of carbonyl (C=O) groups excluding carboxylic acids is 1. The van der Waals surface area contributed by atoms with Gasteiger partial charge < -0.3 is 10.2 Å². The SMILES string of the molecule is Cc1cccc(NC(=O)C[NH+]2CC=C(c3ccccc3)CC2)c1C. The quantitative estimate of drug-likeness (QED) is 0.892. The third-order valence-corrected chi connectivity index (χ3v) is 4.82. The summed E-state index contributed by atoms with van der Waals surface area (Å²) in [4.78, 5) is 13.7. The lowest BCUT2D eigenvalue weighted by Crippen LogP contribution is -3.13. The Kier molecular flexibility index (Phi) is 5.11. The summed E-state index contributed by atoms with van der Waals surface area (Å²) in [5, 5.41) is 3.06. The third-order valence-electron chi connectivity index (χ3n) is 4.82. The van der Waals surface area contributed by atoms with Gasteiger partial charge in [0.25, 0.3) is 5.91 Å². The van der Waals surface area contributed by atoms with E-state index >= 15 is 0 Å². The van der Waals surface area contributed by atoms with Gasteiger partial charge in [0, 0.05) is 12.1 Å². The van der Waals surface area contributed by atoms with E-state index in [0.29, 0.717) is 6.54 Å². The highest BCUT2D eigenvalue weighted by Gasteiger charge is 2.19. The molecule has 0 spiro atoms. The van der Waals surface area contributed by atoms with Crippen LogP contribution in [0.3, 0.4) is 0 Å². The monoisotopic (exact) mass is 321 g/mol. The minimum atomic E-state index is 0.0928. The Bertz CT molecular complexity index is 750. The Morgan fingerprint density at radius 1 is 1.08 bits per heavy atom. The summed E-state index contributed by atoms with van der Waals surface area (Å²) < 4.78 is 0. The lowest BCUT2D eigenvalue weighted by molar-refractivity contribution is -0.886. The van der Waals surface area contributed by atoms with Crippen LogP contribution in [0, 0.1) is 13.8 Å². The Labute approximate surface area is 144 Å². The Morgan fingerprint density at radius 3 is 2.58 bits per heavy atom. The van der Waals surface area contributed by atoms with Crippen molar-refractivity contribution in [3.05, 3.63) is 71.3 Å². The molecule has 3 nitrogen and oxygen atoms in total. The van der Waals surface area contributed by atoms with Gasteiger partial charge >= 0.3 is 0 Å². The zero-order valence-electron chi connectivity index (χ0n) is 14.4. The standard InChI is InChI=1S/C21H24N2O/c1-16-7-6-10-20(17(16)2)22-21(24)15-23-13-11-19(12-14-23)18-8-4-3-5-9-18/h3-11H,12-15H2,1-2H3,(H,22,24)/p+1. The zero-order chi connectivity index (χ0) is 16.9. The van der Waals surface area contributed by atoms with Crippen LogP contribution in [0.5, 0.6) is 0 Å². The first-order valence-electron chi connectivity index (χ1n) is 8.57. The molecular formula is C21H25N2O+. The molecule has 0 radical (unpaired) electrons. The maximum Gasteiger partial charge on any atom is 0.279 e. The smallest absolute Gasteiger partial charge is 0.279 e. The Hall–Kier alpha value is -2.39. The molecule has 24 heavy (non-hydrogen) atoms. The highest BCUT2D eigenvalue weighted by atomic mass is 16.2. The molecule has 0 aromatic heterocycles. The van der Waals surface area contributed by atoms with Crippen LogP contribution < -0.4 is 10.2 Å². The van der Waals surface area contributed by atoms with Crippen LogP contribution in [0.2, 0.25) is 0 Å². The molecular weight excluding hydrogens is 296 g/mol. The molecule has 1 aliphatic rings. The van der Waals surface area contributed by atoms with Gasteiger partial charge in [0.05, 0.1) is 13.1 Å². The lowest BCUT2D eigenvalue weighted by Gasteiger charge is -2.23. The number of hydrogen-bond acceptors (Lipinski definition) is 1. The fourth-order valence-corrected chi connectivity index (χ4v) is 3.17. The van der Waals surface area contributed by atoms with Crippen LogP contribution in [-0.2, 0) is 4.79 Å². The first-order valence-corrected chi connectivity index (χ1v) is 8.57. The van der Waals surface area contributed by atoms with Crippen molar-refractivity contribution in [1.82, 2.24) is 0 Å². The number of amides is 1. The van der Waals surface area contributed by atoms with Gasteiger partial charge in [0.15, 0.2) is 6.54 Å². The normalized spacial score (nSPS) is 17.2. The highest BCUT2D eigenvalue weighted by molar-refractivity contribution is 5.92. The zero-order valence-corrected chi connectivity index (χ0v) is 14.4. The van der Waals surface area contributed by atoms with Gasteiger partial charge in [-0.05, 0) is 48.3 Å². The predicted octanol–water partition coefficient (Wildman–Crippen LogP) is 2.61. The number of quaternary nitrogens is 1. The molecule has 0 aliphatic carbocycles. The number of hydrogen-bond donors (Lipinski definition) is 2. The van der Waals surface area contributed by atoms with Crippen molar-refractivity contribution in [3.8, 4) is 0 Å². The minimum absolute atomic E-state index is 0.0928. The summed E-state index contributed by atoms with van der Waals surface area (Å²) in [5.41, 5.74) is 5.97. The van der Waals surface area contributed by atoms with Gasteiger partial charge in [0.1, 0.15) is 0 Å². The number of aryl methyl sites for hydroxylation is 1.